The predicted molar refractivity (Wildman–Crippen MR) is 197 cm³/mol. The first-order valence-corrected chi connectivity index (χ1v) is 21.2. The molecule has 4 rings (SSSR count). The van der Waals surface area contributed by atoms with E-state index < -0.39 is 163 Å². The molecule has 31 nitrogen and oxygen atoms in total. The van der Waals surface area contributed by atoms with Crippen LogP contribution in [0.1, 0.15) is 13.8 Å². The first-order valence-electron chi connectivity index (χ1n) is 17.1. The Balaban J connectivity index is 0.00000521. The number of ether oxygens (including phenoxy) is 7. The van der Waals surface area contributed by atoms with E-state index in [-0.39, 0.29) is 42.8 Å². The molecule has 65 heavy (non-hydrogen) atoms. The molecule has 39 heteroatoms. The number of aliphatic carboxylic acids is 1. The van der Waals surface area contributed by atoms with Crippen LogP contribution in [0.3, 0.4) is 0 Å². The van der Waals surface area contributed by atoms with E-state index in [2.05, 4.69) is 22.9 Å². The van der Waals surface area contributed by atoms with Crippen molar-refractivity contribution in [1.29, 1.82) is 0 Å². The lowest BCUT2D eigenvalue weighted by molar-refractivity contribution is -0.435. The molecule has 0 bridgehead atoms. The Bertz CT molecular complexity index is 1660. The highest BCUT2D eigenvalue weighted by Crippen LogP contribution is 2.38. The van der Waals surface area contributed by atoms with Crippen LogP contribution in [0, 0.1) is 11.8 Å². The summed E-state index contributed by atoms with van der Waals surface area (Å²) >= 11 is -0.0907. The van der Waals surface area contributed by atoms with E-state index >= 15 is 0 Å². The average Bonchev–Trinajstić information content (AvgIpc) is 3.49. The third-order valence-corrected chi connectivity index (χ3v) is 11.0. The average molecular weight is 1070 g/mol. The monoisotopic (exact) mass is 1070 g/mol. The number of halogens is 3. The summed E-state index contributed by atoms with van der Waals surface area (Å²) in [5.41, 5.74) is 0. The molecule has 0 spiro atoms. The summed E-state index contributed by atoms with van der Waals surface area (Å²) in [4.78, 5) is 11.5. The fourth-order valence-electron chi connectivity index (χ4n) is 6.33. The van der Waals surface area contributed by atoms with Gasteiger partial charge >= 0.3 is 26.8 Å². The molecule has 3 saturated heterocycles. The minimum Gasteiger partial charge on any atom is -0.475 e. The molecule has 3 fully saturated rings. The van der Waals surface area contributed by atoms with Crippen molar-refractivity contribution in [2.45, 2.75) is 112 Å². The molecule has 11 N–H and O–H groups in total. The molecule has 4 heterocycles. The van der Waals surface area contributed by atoms with Crippen LogP contribution in [0.5, 0.6) is 0 Å². The van der Waals surface area contributed by atoms with Gasteiger partial charge in [0.15, 0.2) is 49.6 Å². The maximum atomic E-state index is 12.2. The predicted octanol–water partition coefficient (Wildman–Crippen LogP) is -3.17. The van der Waals surface area contributed by atoms with Gasteiger partial charge in [-0.1, -0.05) is 10.1 Å². The summed E-state index contributed by atoms with van der Waals surface area (Å²) in [6, 6.07) is 0. The van der Waals surface area contributed by atoms with E-state index in [9.17, 15) is 61.9 Å². The third-order valence-electron chi connectivity index (χ3n) is 9.17. The summed E-state index contributed by atoms with van der Waals surface area (Å²) in [7, 11) is -10.6. The second kappa shape index (κ2) is 28.5. The van der Waals surface area contributed by atoms with Crippen molar-refractivity contribution < 1.29 is 159 Å². The van der Waals surface area contributed by atoms with Crippen LogP contribution in [-0.2, 0) is 94.2 Å². The molecule has 7 unspecified atom stereocenters. The maximum Gasteiger partial charge on any atom is 0.397 e. The maximum absolute atomic E-state index is 12.2. The quantitative estimate of drug-likeness (QED) is 0.0158. The van der Waals surface area contributed by atoms with E-state index in [1.165, 1.54) is 13.8 Å². The van der Waals surface area contributed by atoms with Crippen LogP contribution in [0.25, 0.3) is 0 Å². The Labute approximate surface area is 379 Å². The highest BCUT2D eigenvalue weighted by molar-refractivity contribution is 7.90. The van der Waals surface area contributed by atoms with Crippen molar-refractivity contribution >= 4 is 64.9 Å². The van der Waals surface area contributed by atoms with E-state index in [1.807, 2.05) is 0 Å². The summed E-state index contributed by atoms with van der Waals surface area (Å²) in [5, 5.41) is 97.3. The van der Waals surface area contributed by atoms with Crippen molar-refractivity contribution in [3.05, 3.63) is 11.8 Å². The van der Waals surface area contributed by atoms with Crippen LogP contribution >= 0.6 is 38.1 Å². The fraction of sp³-hybridized carbons (Fsp3) is 0.885. The SMILES string of the molecule is CC(OSOOO)[C@H]1O[C@@H](O[C@@H]2C(C)O[C@@H](OC[C@H]3C(CO[C@@H]4OC(C(=O)O)=C[C@@H](O)C4O)[C@@H](O)OC(COS(=O)(=O)O)[C@H]3O)C(OSOOO)[C@H]2OS(=O)(=O)O)C(O)[C@H]1O.F.FF.S. The zero-order chi connectivity index (χ0) is 47.4. The van der Waals surface area contributed by atoms with E-state index in [0.717, 1.165) is 0 Å². The Kier molecular flexibility index (Phi) is 27.1. The lowest BCUT2D eigenvalue weighted by Gasteiger charge is -2.46. The lowest BCUT2D eigenvalue weighted by Crippen LogP contribution is -2.62. The molecule has 0 saturated carbocycles. The van der Waals surface area contributed by atoms with Crippen molar-refractivity contribution in [3.63, 3.8) is 0 Å². The fourth-order valence-corrected chi connectivity index (χ4v) is 7.77. The molecule has 386 valence electrons. The zero-order valence-electron chi connectivity index (χ0n) is 32.5. The van der Waals surface area contributed by atoms with Crippen molar-refractivity contribution in [2.24, 2.45) is 11.8 Å². The van der Waals surface area contributed by atoms with Crippen LogP contribution in [-0.4, -0.2) is 196 Å². The van der Waals surface area contributed by atoms with Gasteiger partial charge in [-0.05, 0) is 19.9 Å². The Morgan fingerprint density at radius 2 is 1.38 bits per heavy atom. The summed E-state index contributed by atoms with van der Waals surface area (Å²) in [6.45, 7) is -0.233. The number of hydrogen-bond acceptors (Lipinski definition) is 30. The molecule has 18 atom stereocenters. The van der Waals surface area contributed by atoms with Crippen LogP contribution < -0.4 is 0 Å². The molecule has 0 aliphatic carbocycles. The number of carbonyl (C=O) groups is 1. The highest BCUT2D eigenvalue weighted by Gasteiger charge is 2.55. The highest BCUT2D eigenvalue weighted by atomic mass is 32.3. The van der Waals surface area contributed by atoms with Gasteiger partial charge in [0, 0.05) is 21.0 Å². The number of hydrogen-bond donors (Lipinski definition) is 11. The largest absolute Gasteiger partial charge is 0.475 e. The standard InChI is InChI=1S/C26H42O31S4.F2.FH.H2S/c1-7-19(50-25-17(31)16(30)18(49-25)8(2)51-58-56-54-35)20(53-61(40,41)42)21(52-59-57-55-36)26(46-7)44-4-9-10(23(34)47-13(14(9)28)6-45-60(37,38)39)5-43-24-15(29)11(27)3-12(48-24)22(32)33;1-2;;/h3,7-11,13-21,23-31,34-36H,4-6H2,1-2H3,(H,32,33)(H,37,38,39)(H,40,41,42);;1H;1H2/t7?,8?,9-,10?,11+,13?,14-,15?,16+,17?,18+,19+,20-,21?,23-,24+,25-,26+;;;/m0.../s1. The first kappa shape index (κ1) is 61.8. The Hall–Kier alpha value is -1.21. The molecule has 0 aromatic carbocycles. The van der Waals surface area contributed by atoms with Gasteiger partial charge in [-0.3, -0.25) is 22.2 Å². The number of carboxylic acids is 1. The Morgan fingerprint density at radius 3 is 1.97 bits per heavy atom. The smallest absolute Gasteiger partial charge is 0.397 e. The lowest BCUT2D eigenvalue weighted by atomic mass is 9.83. The summed E-state index contributed by atoms with van der Waals surface area (Å²) in [6.07, 6.45) is -28.0. The molecular formula is C26H45F3O31S5. The van der Waals surface area contributed by atoms with Gasteiger partial charge in [0.25, 0.3) is 0 Å². The normalized spacial score (nSPS) is 36.8. The number of carboxylic acid groups (broad SMARTS) is 1. The number of aliphatic hydroxyl groups is 6. The van der Waals surface area contributed by atoms with Gasteiger partial charge in [-0.2, -0.15) is 30.3 Å². The molecule has 4 aliphatic rings. The van der Waals surface area contributed by atoms with Crippen LogP contribution in [0.15, 0.2) is 11.8 Å². The van der Waals surface area contributed by atoms with Crippen molar-refractivity contribution in [3.8, 4) is 0 Å². The molecule has 4 aliphatic heterocycles. The van der Waals surface area contributed by atoms with E-state index in [4.69, 9.17) is 69.9 Å². The first-order chi connectivity index (χ1) is 29.6. The third kappa shape index (κ3) is 17.9. The number of aliphatic hydroxyl groups excluding tert-OH is 6. The second-order valence-corrected chi connectivity index (χ2v) is 16.2. The van der Waals surface area contributed by atoms with Crippen LogP contribution in [0.2, 0.25) is 0 Å². The van der Waals surface area contributed by atoms with E-state index in [1.54, 1.807) is 0 Å². The van der Waals surface area contributed by atoms with Crippen molar-refractivity contribution in [1.82, 2.24) is 0 Å². The molecular weight excluding hydrogens is 1030 g/mol. The molecule has 0 aromatic rings. The topological polar surface area (TPSA) is 446 Å². The van der Waals surface area contributed by atoms with Gasteiger partial charge in [-0.25, -0.2) is 23.7 Å². The number of rotatable bonds is 23. The van der Waals surface area contributed by atoms with Crippen LogP contribution in [0.4, 0.5) is 13.9 Å². The van der Waals surface area contributed by atoms with Crippen molar-refractivity contribution in [2.75, 3.05) is 19.8 Å². The Morgan fingerprint density at radius 1 is 0.785 bits per heavy atom. The van der Waals surface area contributed by atoms with Gasteiger partial charge in [-0.15, -0.1) is 8.67 Å². The van der Waals surface area contributed by atoms with Gasteiger partial charge < -0.3 is 68.9 Å². The molecule has 0 aromatic heterocycles. The zero-order valence-corrected chi connectivity index (χ0v) is 36.7. The molecule has 0 amide bonds. The van der Waals surface area contributed by atoms with E-state index in [0.29, 0.717) is 6.08 Å². The van der Waals surface area contributed by atoms with Gasteiger partial charge in [0.1, 0.15) is 54.9 Å². The minimum atomic E-state index is -5.49. The minimum absolute atomic E-state index is 0. The van der Waals surface area contributed by atoms with Gasteiger partial charge in [0.05, 0.1) is 32.0 Å². The second-order valence-electron chi connectivity index (χ2n) is 13.1. The summed E-state index contributed by atoms with van der Waals surface area (Å²) in [5.74, 6) is -5.53. The molecule has 0 radical (unpaired) electrons. The van der Waals surface area contributed by atoms with Gasteiger partial charge in [0.2, 0.25) is 12.0 Å². The summed E-state index contributed by atoms with van der Waals surface area (Å²) < 4.78 is 149.